The Labute approximate surface area is 144 Å². The van der Waals surface area contributed by atoms with E-state index in [9.17, 15) is 4.79 Å². The van der Waals surface area contributed by atoms with Crippen LogP contribution in [0.15, 0.2) is 48.5 Å². The number of fused-ring (bicyclic) bond motifs is 1. The largest absolute Gasteiger partial charge is 0.487 e. The highest BCUT2D eigenvalue weighted by Crippen LogP contribution is 2.39. The summed E-state index contributed by atoms with van der Waals surface area (Å²) >= 11 is 2.22. The first kappa shape index (κ1) is 15.3. The summed E-state index contributed by atoms with van der Waals surface area (Å²) in [6, 6.07) is 15.5. The van der Waals surface area contributed by atoms with Crippen LogP contribution in [0.3, 0.4) is 0 Å². The van der Waals surface area contributed by atoms with E-state index < -0.39 is 0 Å². The molecule has 0 spiro atoms. The molecule has 3 nitrogen and oxygen atoms in total. The third-order valence-corrected chi connectivity index (χ3v) is 4.44. The van der Waals surface area contributed by atoms with Crippen molar-refractivity contribution in [2.75, 3.05) is 0 Å². The van der Waals surface area contributed by atoms with Gasteiger partial charge in [-0.25, -0.2) is 0 Å². The Hall–Kier alpha value is -1.56. The first-order chi connectivity index (χ1) is 10.4. The predicted molar refractivity (Wildman–Crippen MR) is 95.1 cm³/mol. The van der Waals surface area contributed by atoms with E-state index in [1.165, 1.54) is 0 Å². The van der Waals surface area contributed by atoms with Gasteiger partial charge in [-0.2, -0.15) is 0 Å². The molecule has 0 bridgehead atoms. The zero-order chi connectivity index (χ0) is 15.7. The number of amides is 1. The van der Waals surface area contributed by atoms with E-state index in [4.69, 9.17) is 4.74 Å². The topological polar surface area (TPSA) is 38.3 Å². The van der Waals surface area contributed by atoms with Crippen molar-refractivity contribution in [1.82, 2.24) is 5.32 Å². The summed E-state index contributed by atoms with van der Waals surface area (Å²) < 4.78 is 7.06. The van der Waals surface area contributed by atoms with Crippen LogP contribution in [0.4, 0.5) is 0 Å². The summed E-state index contributed by atoms with van der Waals surface area (Å²) in [5, 5.41) is 3.15. The van der Waals surface area contributed by atoms with Gasteiger partial charge >= 0.3 is 0 Å². The Morgan fingerprint density at radius 3 is 2.77 bits per heavy atom. The van der Waals surface area contributed by atoms with Crippen LogP contribution in [0.1, 0.15) is 42.2 Å². The van der Waals surface area contributed by atoms with Crippen molar-refractivity contribution in [1.29, 1.82) is 0 Å². The number of carbonyl (C=O) groups is 1. The summed E-state index contributed by atoms with van der Waals surface area (Å²) in [6.07, 6.45) is 0.750. The molecule has 2 aromatic carbocycles. The van der Waals surface area contributed by atoms with Crippen molar-refractivity contribution in [3.05, 3.63) is 63.2 Å². The van der Waals surface area contributed by atoms with Crippen LogP contribution < -0.4 is 10.1 Å². The smallest absolute Gasteiger partial charge is 0.251 e. The second-order valence-corrected chi connectivity index (χ2v) is 7.39. The van der Waals surface area contributed by atoms with Crippen molar-refractivity contribution in [3.8, 4) is 5.75 Å². The number of hydrogen-bond donors (Lipinski definition) is 1. The number of halogens is 1. The average Bonchev–Trinajstić information content (AvgIpc) is 2.46. The van der Waals surface area contributed by atoms with Gasteiger partial charge in [0.1, 0.15) is 11.4 Å². The van der Waals surface area contributed by atoms with Gasteiger partial charge in [-0.1, -0.05) is 24.3 Å². The molecule has 4 heteroatoms. The number of nitrogens with one attached hydrogen (secondary N) is 1. The minimum atomic E-state index is -0.294. The predicted octanol–water partition coefficient (Wildman–Crippen LogP) is 4.32. The zero-order valence-corrected chi connectivity index (χ0v) is 14.8. The highest BCUT2D eigenvalue weighted by Gasteiger charge is 2.34. The molecule has 0 fully saturated rings. The van der Waals surface area contributed by atoms with E-state index in [1.54, 1.807) is 0 Å². The zero-order valence-electron chi connectivity index (χ0n) is 12.6. The Morgan fingerprint density at radius 1 is 1.23 bits per heavy atom. The Balaban J connectivity index is 1.87. The molecule has 1 aliphatic rings. The lowest BCUT2D eigenvalue weighted by Crippen LogP contribution is -2.41. The van der Waals surface area contributed by atoms with Gasteiger partial charge in [0.15, 0.2) is 0 Å². The lowest BCUT2D eigenvalue weighted by molar-refractivity contribution is 0.0619. The number of rotatable bonds is 2. The molecule has 1 aliphatic heterocycles. The van der Waals surface area contributed by atoms with Crippen molar-refractivity contribution in [3.63, 3.8) is 0 Å². The van der Waals surface area contributed by atoms with Crippen molar-refractivity contribution in [2.45, 2.75) is 31.9 Å². The third-order valence-electron chi connectivity index (χ3n) is 3.77. The van der Waals surface area contributed by atoms with E-state index in [2.05, 4.69) is 27.9 Å². The first-order valence-electron chi connectivity index (χ1n) is 7.29. The summed E-state index contributed by atoms with van der Waals surface area (Å²) in [7, 11) is 0. The fraction of sp³-hybridized carbons (Fsp3) is 0.278. The van der Waals surface area contributed by atoms with Crippen molar-refractivity contribution >= 4 is 28.5 Å². The van der Waals surface area contributed by atoms with Crippen molar-refractivity contribution in [2.24, 2.45) is 0 Å². The first-order valence-corrected chi connectivity index (χ1v) is 8.37. The summed E-state index contributed by atoms with van der Waals surface area (Å²) in [6.45, 7) is 4.10. The van der Waals surface area contributed by atoms with Crippen LogP contribution in [-0.4, -0.2) is 11.5 Å². The number of benzene rings is 2. The molecule has 22 heavy (non-hydrogen) atoms. The molecular weight excluding hydrogens is 389 g/mol. The molecule has 0 aliphatic carbocycles. The van der Waals surface area contributed by atoms with Gasteiger partial charge < -0.3 is 10.1 Å². The second-order valence-electron chi connectivity index (χ2n) is 6.14. The number of para-hydroxylation sites is 1. The maximum Gasteiger partial charge on any atom is 0.251 e. The highest BCUT2D eigenvalue weighted by molar-refractivity contribution is 14.1. The van der Waals surface area contributed by atoms with Gasteiger partial charge in [-0.15, -0.1) is 0 Å². The maximum absolute atomic E-state index is 12.5. The minimum absolute atomic E-state index is 0.0367. The molecule has 0 unspecified atom stereocenters. The summed E-state index contributed by atoms with van der Waals surface area (Å²) in [5.41, 5.74) is 1.44. The Kier molecular flexibility index (Phi) is 4.12. The summed E-state index contributed by atoms with van der Waals surface area (Å²) in [4.78, 5) is 12.5. The van der Waals surface area contributed by atoms with Gasteiger partial charge in [0.05, 0.1) is 6.04 Å². The number of ether oxygens (including phenoxy) is 1. The van der Waals surface area contributed by atoms with Crippen LogP contribution in [0.5, 0.6) is 5.75 Å². The van der Waals surface area contributed by atoms with Crippen LogP contribution in [0, 0.1) is 3.57 Å². The molecule has 2 aromatic rings. The number of carbonyl (C=O) groups excluding carboxylic acids is 1. The molecule has 1 heterocycles. The van der Waals surface area contributed by atoms with Gasteiger partial charge in [0, 0.05) is 21.1 Å². The van der Waals surface area contributed by atoms with Gasteiger partial charge in [-0.3, -0.25) is 4.79 Å². The lowest BCUT2D eigenvalue weighted by atomic mass is 9.89. The van der Waals surface area contributed by atoms with E-state index in [1.807, 2.05) is 62.4 Å². The molecule has 1 atom stereocenters. The molecule has 0 radical (unpaired) electrons. The maximum atomic E-state index is 12.5. The van der Waals surface area contributed by atoms with Gasteiger partial charge in [-0.05, 0) is 60.7 Å². The van der Waals surface area contributed by atoms with Crippen LogP contribution in [0.2, 0.25) is 0 Å². The quantitative estimate of drug-likeness (QED) is 0.753. The molecule has 3 rings (SSSR count). The number of hydrogen-bond acceptors (Lipinski definition) is 2. The molecule has 0 saturated carbocycles. The van der Waals surface area contributed by atoms with E-state index in [-0.39, 0.29) is 17.6 Å². The average molecular weight is 407 g/mol. The fourth-order valence-corrected chi connectivity index (χ4v) is 3.35. The van der Waals surface area contributed by atoms with Gasteiger partial charge in [0.2, 0.25) is 0 Å². The molecule has 1 N–H and O–H groups in total. The van der Waals surface area contributed by atoms with Crippen LogP contribution in [-0.2, 0) is 0 Å². The highest BCUT2D eigenvalue weighted by atomic mass is 127. The third kappa shape index (κ3) is 3.27. The fourth-order valence-electron chi connectivity index (χ4n) is 2.80. The van der Waals surface area contributed by atoms with Crippen LogP contribution in [0.25, 0.3) is 0 Å². The monoisotopic (exact) mass is 407 g/mol. The van der Waals surface area contributed by atoms with E-state index in [0.29, 0.717) is 5.56 Å². The van der Waals surface area contributed by atoms with Crippen LogP contribution >= 0.6 is 22.6 Å². The lowest BCUT2D eigenvalue weighted by Gasteiger charge is -2.37. The molecule has 0 saturated heterocycles. The Morgan fingerprint density at radius 2 is 2.00 bits per heavy atom. The normalized spacial score (nSPS) is 19.0. The SMILES string of the molecule is CC1(C)C[C@H](NC(=O)c2cccc(I)c2)c2ccccc2O1. The molecular formula is C18H18INO2. The molecule has 0 aromatic heterocycles. The molecule has 114 valence electrons. The second kappa shape index (κ2) is 5.91. The van der Waals surface area contributed by atoms with E-state index >= 15 is 0 Å². The Bertz CT molecular complexity index is 712. The summed E-state index contributed by atoms with van der Waals surface area (Å²) in [5.74, 6) is 0.808. The van der Waals surface area contributed by atoms with Gasteiger partial charge in [0.25, 0.3) is 5.91 Å². The minimum Gasteiger partial charge on any atom is -0.487 e. The standard InChI is InChI=1S/C18H18INO2/c1-18(2)11-15(14-8-3-4-9-16(14)22-18)20-17(21)12-6-5-7-13(19)10-12/h3-10,15H,11H2,1-2H3,(H,20,21)/t15-/m0/s1. The molecule has 1 amide bonds. The van der Waals surface area contributed by atoms with Crippen molar-refractivity contribution < 1.29 is 9.53 Å². The van der Waals surface area contributed by atoms with E-state index in [0.717, 1.165) is 21.3 Å².